The molecule has 1 aliphatic rings. The summed E-state index contributed by atoms with van der Waals surface area (Å²) in [6.45, 7) is 0. The van der Waals surface area contributed by atoms with E-state index in [1.165, 1.54) is 11.5 Å². The van der Waals surface area contributed by atoms with Crippen LogP contribution in [0.1, 0.15) is 11.7 Å². The zero-order valence-corrected chi connectivity index (χ0v) is 10.9. The summed E-state index contributed by atoms with van der Waals surface area (Å²) in [5, 5.41) is 0.447. The quantitative estimate of drug-likeness (QED) is 0.895. The SMILES string of the molecule is COc1cccnc1C(N)C1CSCCS1. The minimum absolute atomic E-state index is 0.0334. The van der Waals surface area contributed by atoms with Gasteiger partial charge in [0, 0.05) is 28.7 Å². The largest absolute Gasteiger partial charge is 0.495 e. The van der Waals surface area contributed by atoms with E-state index in [9.17, 15) is 0 Å². The second-order valence-corrected chi connectivity index (χ2v) is 6.10. The highest BCUT2D eigenvalue weighted by molar-refractivity contribution is 8.06. The fraction of sp³-hybridized carbons (Fsp3) is 0.545. The first-order valence-electron chi connectivity index (χ1n) is 5.26. The third kappa shape index (κ3) is 2.64. The number of hydrogen-bond acceptors (Lipinski definition) is 5. The molecule has 0 radical (unpaired) electrons. The van der Waals surface area contributed by atoms with E-state index in [2.05, 4.69) is 4.98 Å². The maximum Gasteiger partial charge on any atom is 0.142 e. The van der Waals surface area contributed by atoms with Crippen LogP contribution in [0, 0.1) is 0 Å². The molecule has 1 aromatic heterocycles. The van der Waals surface area contributed by atoms with Crippen LogP contribution in [0.15, 0.2) is 18.3 Å². The Bertz CT molecular complexity index is 343. The van der Waals surface area contributed by atoms with Gasteiger partial charge >= 0.3 is 0 Å². The molecule has 16 heavy (non-hydrogen) atoms. The summed E-state index contributed by atoms with van der Waals surface area (Å²) < 4.78 is 5.30. The molecular formula is C11H16N2OS2. The molecule has 1 aliphatic heterocycles. The number of thioether (sulfide) groups is 2. The molecule has 2 unspecified atom stereocenters. The summed E-state index contributed by atoms with van der Waals surface area (Å²) >= 11 is 3.91. The van der Waals surface area contributed by atoms with Crippen molar-refractivity contribution in [1.29, 1.82) is 0 Å². The zero-order chi connectivity index (χ0) is 11.4. The summed E-state index contributed by atoms with van der Waals surface area (Å²) in [6, 6.07) is 3.76. The van der Waals surface area contributed by atoms with Crippen molar-refractivity contribution in [2.45, 2.75) is 11.3 Å². The average Bonchev–Trinajstić information content (AvgIpc) is 2.39. The molecule has 3 nitrogen and oxygen atoms in total. The molecule has 2 N–H and O–H groups in total. The predicted octanol–water partition coefficient (Wildman–Crippen LogP) is 1.94. The standard InChI is InChI=1S/C11H16N2OS2/c1-14-8-3-2-4-13-11(8)10(12)9-7-15-5-6-16-9/h2-4,9-10H,5-7,12H2,1H3. The molecule has 0 amide bonds. The second-order valence-electron chi connectivity index (χ2n) is 3.60. The van der Waals surface area contributed by atoms with Crippen LogP contribution in [0.2, 0.25) is 0 Å². The lowest BCUT2D eigenvalue weighted by Gasteiger charge is -2.27. The lowest BCUT2D eigenvalue weighted by molar-refractivity contribution is 0.402. The number of rotatable bonds is 3. The Hall–Kier alpha value is -0.390. The van der Waals surface area contributed by atoms with Crippen molar-refractivity contribution in [3.8, 4) is 5.75 Å². The van der Waals surface area contributed by atoms with Gasteiger partial charge in [-0.05, 0) is 12.1 Å². The van der Waals surface area contributed by atoms with Crippen LogP contribution in [-0.4, -0.2) is 34.6 Å². The fourth-order valence-electron chi connectivity index (χ4n) is 1.72. The number of nitrogens with two attached hydrogens (primary N) is 1. The van der Waals surface area contributed by atoms with E-state index >= 15 is 0 Å². The van der Waals surface area contributed by atoms with Gasteiger partial charge in [-0.25, -0.2) is 0 Å². The third-order valence-corrected chi connectivity index (χ3v) is 5.46. The zero-order valence-electron chi connectivity index (χ0n) is 9.26. The van der Waals surface area contributed by atoms with Crippen molar-refractivity contribution >= 4 is 23.5 Å². The second kappa shape index (κ2) is 5.80. The van der Waals surface area contributed by atoms with Crippen molar-refractivity contribution in [3.05, 3.63) is 24.0 Å². The highest BCUT2D eigenvalue weighted by Gasteiger charge is 2.25. The topological polar surface area (TPSA) is 48.1 Å². The van der Waals surface area contributed by atoms with Gasteiger partial charge in [-0.15, -0.1) is 0 Å². The highest BCUT2D eigenvalue weighted by atomic mass is 32.2. The fourth-order valence-corrected chi connectivity index (χ4v) is 4.49. The van der Waals surface area contributed by atoms with E-state index < -0.39 is 0 Å². The maximum absolute atomic E-state index is 6.27. The van der Waals surface area contributed by atoms with Crippen molar-refractivity contribution in [2.75, 3.05) is 24.4 Å². The summed E-state index contributed by atoms with van der Waals surface area (Å²) in [5.41, 5.74) is 7.15. The van der Waals surface area contributed by atoms with Crippen LogP contribution in [0.4, 0.5) is 0 Å². The molecule has 2 atom stereocenters. The van der Waals surface area contributed by atoms with Crippen LogP contribution in [0.25, 0.3) is 0 Å². The third-order valence-electron chi connectivity index (χ3n) is 2.58. The number of methoxy groups -OCH3 is 1. The number of hydrogen-bond donors (Lipinski definition) is 1. The first-order chi connectivity index (χ1) is 7.83. The minimum atomic E-state index is -0.0334. The Morgan fingerprint density at radius 3 is 3.12 bits per heavy atom. The van der Waals surface area contributed by atoms with Crippen LogP contribution in [0.5, 0.6) is 5.75 Å². The number of aromatic nitrogens is 1. The first kappa shape index (κ1) is 12.1. The van der Waals surface area contributed by atoms with Gasteiger partial charge in [0.25, 0.3) is 0 Å². The van der Waals surface area contributed by atoms with Crippen molar-refractivity contribution in [2.24, 2.45) is 5.73 Å². The molecule has 0 saturated carbocycles. The van der Waals surface area contributed by atoms with Crippen LogP contribution in [0.3, 0.4) is 0 Å². The van der Waals surface area contributed by atoms with E-state index in [0.29, 0.717) is 5.25 Å². The summed E-state index contributed by atoms with van der Waals surface area (Å²) in [6.07, 6.45) is 1.78. The lowest BCUT2D eigenvalue weighted by Crippen LogP contribution is -2.29. The summed E-state index contributed by atoms with van der Waals surface area (Å²) in [4.78, 5) is 4.35. The molecule has 2 heterocycles. The Balaban J connectivity index is 2.15. The van der Waals surface area contributed by atoms with Gasteiger partial charge in [0.05, 0.1) is 13.2 Å². The summed E-state index contributed by atoms with van der Waals surface area (Å²) in [5.74, 6) is 4.31. The summed E-state index contributed by atoms with van der Waals surface area (Å²) in [7, 11) is 1.66. The lowest BCUT2D eigenvalue weighted by atomic mass is 10.1. The average molecular weight is 256 g/mol. The van der Waals surface area contributed by atoms with Gasteiger partial charge in [0.2, 0.25) is 0 Å². The van der Waals surface area contributed by atoms with Gasteiger partial charge in [0.1, 0.15) is 11.4 Å². The predicted molar refractivity (Wildman–Crippen MR) is 71.3 cm³/mol. The number of pyridine rings is 1. The molecular weight excluding hydrogens is 240 g/mol. The van der Waals surface area contributed by atoms with Crippen LogP contribution < -0.4 is 10.5 Å². The van der Waals surface area contributed by atoms with Gasteiger partial charge in [-0.1, -0.05) is 0 Å². The minimum Gasteiger partial charge on any atom is -0.495 e. The van der Waals surface area contributed by atoms with E-state index in [-0.39, 0.29) is 6.04 Å². The number of ether oxygens (including phenoxy) is 1. The smallest absolute Gasteiger partial charge is 0.142 e. The first-order valence-corrected chi connectivity index (χ1v) is 7.47. The molecule has 1 fully saturated rings. The van der Waals surface area contributed by atoms with Gasteiger partial charge < -0.3 is 10.5 Å². The molecule has 5 heteroatoms. The van der Waals surface area contributed by atoms with Crippen molar-refractivity contribution in [3.63, 3.8) is 0 Å². The van der Waals surface area contributed by atoms with E-state index in [1.807, 2.05) is 35.7 Å². The molecule has 1 saturated heterocycles. The molecule has 0 aliphatic carbocycles. The molecule has 0 spiro atoms. The van der Waals surface area contributed by atoms with Crippen molar-refractivity contribution < 1.29 is 4.74 Å². The van der Waals surface area contributed by atoms with E-state index in [1.54, 1.807) is 13.3 Å². The monoisotopic (exact) mass is 256 g/mol. The van der Waals surface area contributed by atoms with Gasteiger partial charge in [-0.2, -0.15) is 23.5 Å². The normalized spacial score (nSPS) is 22.8. The molecule has 0 aromatic carbocycles. The Morgan fingerprint density at radius 1 is 1.56 bits per heavy atom. The van der Waals surface area contributed by atoms with Crippen LogP contribution >= 0.6 is 23.5 Å². The molecule has 88 valence electrons. The Morgan fingerprint density at radius 2 is 2.44 bits per heavy atom. The molecule has 1 aromatic rings. The Labute approximate surface area is 105 Å². The maximum atomic E-state index is 6.27. The van der Waals surface area contributed by atoms with Crippen molar-refractivity contribution in [1.82, 2.24) is 4.98 Å². The van der Waals surface area contributed by atoms with E-state index in [4.69, 9.17) is 10.5 Å². The van der Waals surface area contributed by atoms with Gasteiger partial charge in [0.15, 0.2) is 0 Å². The van der Waals surface area contributed by atoms with Gasteiger partial charge in [-0.3, -0.25) is 4.98 Å². The highest BCUT2D eigenvalue weighted by Crippen LogP contribution is 2.34. The number of nitrogens with zero attached hydrogens (tertiary/aromatic N) is 1. The Kier molecular flexibility index (Phi) is 4.37. The van der Waals surface area contributed by atoms with Crippen LogP contribution in [-0.2, 0) is 0 Å². The molecule has 2 rings (SSSR count). The molecule has 0 bridgehead atoms. The van der Waals surface area contributed by atoms with E-state index in [0.717, 1.165) is 17.2 Å².